The van der Waals surface area contributed by atoms with Crippen molar-refractivity contribution in [2.24, 2.45) is 0 Å². The van der Waals surface area contributed by atoms with Crippen LogP contribution < -0.4 is 5.46 Å². The highest BCUT2D eigenvalue weighted by molar-refractivity contribution is 6.62. The van der Waals surface area contributed by atoms with Gasteiger partial charge in [0.2, 0.25) is 0 Å². The normalized spacial score (nSPS) is 19.6. The Balaban J connectivity index is 1.74. The van der Waals surface area contributed by atoms with Gasteiger partial charge in [0.05, 0.1) is 17.7 Å². The monoisotopic (exact) mass is 298 g/mol. The van der Waals surface area contributed by atoms with Gasteiger partial charge in [-0.1, -0.05) is 24.3 Å². The molecule has 1 fully saturated rings. The third-order valence-electron chi connectivity index (χ3n) is 4.77. The van der Waals surface area contributed by atoms with Crippen LogP contribution in [0.15, 0.2) is 36.5 Å². The van der Waals surface area contributed by atoms with E-state index in [4.69, 9.17) is 9.31 Å². The molecule has 5 heteroatoms. The van der Waals surface area contributed by atoms with Crippen LogP contribution in [-0.4, -0.2) is 28.1 Å². The third-order valence-corrected chi connectivity index (χ3v) is 4.77. The fourth-order valence-corrected chi connectivity index (χ4v) is 2.50. The highest BCUT2D eigenvalue weighted by atomic mass is 16.7. The Hall–Kier alpha value is -1.59. The van der Waals surface area contributed by atoms with Gasteiger partial charge < -0.3 is 9.31 Å². The number of rotatable bonds is 3. The molecule has 4 nitrogen and oxygen atoms in total. The van der Waals surface area contributed by atoms with E-state index in [1.165, 1.54) is 5.56 Å². The summed E-state index contributed by atoms with van der Waals surface area (Å²) in [6, 6.07) is 10.4. The van der Waals surface area contributed by atoms with Crippen molar-refractivity contribution >= 4 is 12.6 Å². The second-order valence-electron chi connectivity index (χ2n) is 6.96. The van der Waals surface area contributed by atoms with Crippen LogP contribution in [0.1, 0.15) is 39.0 Å². The van der Waals surface area contributed by atoms with E-state index in [0.29, 0.717) is 0 Å². The molecule has 1 aromatic heterocycles. The molecule has 2 heterocycles. The Kier molecular flexibility index (Phi) is 3.65. The maximum Gasteiger partial charge on any atom is 0.494 e. The Labute approximate surface area is 132 Å². The van der Waals surface area contributed by atoms with Crippen molar-refractivity contribution in [3.05, 3.63) is 47.8 Å². The first kappa shape index (κ1) is 15.3. The van der Waals surface area contributed by atoms with E-state index in [0.717, 1.165) is 17.7 Å². The highest BCUT2D eigenvalue weighted by Crippen LogP contribution is 2.36. The second-order valence-corrected chi connectivity index (χ2v) is 6.96. The molecule has 0 N–H and O–H groups in total. The van der Waals surface area contributed by atoms with Gasteiger partial charge in [0, 0.05) is 11.9 Å². The van der Waals surface area contributed by atoms with Gasteiger partial charge in [0.25, 0.3) is 0 Å². The van der Waals surface area contributed by atoms with Crippen LogP contribution in [0.25, 0.3) is 0 Å². The van der Waals surface area contributed by atoms with E-state index in [2.05, 4.69) is 64.0 Å². The van der Waals surface area contributed by atoms with E-state index in [1.807, 2.05) is 16.9 Å². The van der Waals surface area contributed by atoms with Crippen molar-refractivity contribution in [2.75, 3.05) is 0 Å². The van der Waals surface area contributed by atoms with E-state index in [9.17, 15) is 0 Å². The van der Waals surface area contributed by atoms with Gasteiger partial charge in [0.15, 0.2) is 0 Å². The topological polar surface area (TPSA) is 36.3 Å². The van der Waals surface area contributed by atoms with Crippen LogP contribution >= 0.6 is 0 Å². The summed E-state index contributed by atoms with van der Waals surface area (Å²) in [5, 5.41) is 4.32. The lowest BCUT2D eigenvalue weighted by Crippen LogP contribution is -2.41. The molecule has 1 saturated heterocycles. The molecule has 0 amide bonds. The smallest absolute Gasteiger partial charge is 0.399 e. The minimum Gasteiger partial charge on any atom is -0.399 e. The van der Waals surface area contributed by atoms with Gasteiger partial charge in [-0.2, -0.15) is 5.10 Å². The summed E-state index contributed by atoms with van der Waals surface area (Å²) < 4.78 is 14.1. The summed E-state index contributed by atoms with van der Waals surface area (Å²) >= 11 is 0. The average molecular weight is 298 g/mol. The predicted molar refractivity (Wildman–Crippen MR) is 88.2 cm³/mol. The van der Waals surface area contributed by atoms with E-state index < -0.39 is 0 Å². The Bertz CT molecular complexity index is 646. The van der Waals surface area contributed by atoms with Crippen molar-refractivity contribution in [1.82, 2.24) is 9.78 Å². The fourth-order valence-electron chi connectivity index (χ4n) is 2.50. The van der Waals surface area contributed by atoms with Crippen LogP contribution in [0.4, 0.5) is 0 Å². The number of benzene rings is 1. The number of hydrogen-bond acceptors (Lipinski definition) is 3. The lowest BCUT2D eigenvalue weighted by atomic mass is 9.79. The zero-order valence-corrected chi connectivity index (χ0v) is 14.0. The molecule has 0 atom stereocenters. The van der Waals surface area contributed by atoms with Gasteiger partial charge in [-0.05, 0) is 51.7 Å². The summed E-state index contributed by atoms with van der Waals surface area (Å²) in [7, 11) is -0.300. The Morgan fingerprint density at radius 3 is 2.09 bits per heavy atom. The molecule has 1 aromatic carbocycles. The molecule has 0 radical (unpaired) electrons. The molecule has 0 unspecified atom stereocenters. The lowest BCUT2D eigenvalue weighted by molar-refractivity contribution is 0.00578. The maximum atomic E-state index is 6.08. The molecule has 22 heavy (non-hydrogen) atoms. The summed E-state index contributed by atoms with van der Waals surface area (Å²) in [4.78, 5) is 0. The highest BCUT2D eigenvalue weighted by Gasteiger charge is 2.51. The summed E-state index contributed by atoms with van der Waals surface area (Å²) in [5.41, 5.74) is 2.83. The molecule has 0 spiro atoms. The molecule has 116 valence electrons. The Morgan fingerprint density at radius 2 is 1.59 bits per heavy atom. The van der Waals surface area contributed by atoms with E-state index in [-0.39, 0.29) is 18.3 Å². The van der Waals surface area contributed by atoms with Crippen LogP contribution in [0.2, 0.25) is 0 Å². The number of aromatic nitrogens is 2. The SMILES string of the molecule is Cc1ccnn1Cc1ccc(B2OC(C)(C)C(C)(C)O2)cc1. The first-order valence-electron chi connectivity index (χ1n) is 7.71. The molecule has 1 aliphatic heterocycles. The van der Waals surface area contributed by atoms with Gasteiger partial charge in [-0.3, -0.25) is 4.68 Å². The largest absolute Gasteiger partial charge is 0.494 e. The van der Waals surface area contributed by atoms with Gasteiger partial charge in [-0.25, -0.2) is 0 Å². The molecular formula is C17H23BN2O2. The van der Waals surface area contributed by atoms with Crippen molar-refractivity contribution in [3.8, 4) is 0 Å². The van der Waals surface area contributed by atoms with Crippen LogP contribution in [-0.2, 0) is 15.9 Å². The molecule has 0 saturated carbocycles. The summed E-state index contributed by atoms with van der Waals surface area (Å²) in [5.74, 6) is 0. The fraction of sp³-hybridized carbons (Fsp3) is 0.471. The number of nitrogens with zero attached hydrogens (tertiary/aromatic N) is 2. The summed E-state index contributed by atoms with van der Waals surface area (Å²) in [6.07, 6.45) is 1.83. The van der Waals surface area contributed by atoms with Crippen molar-refractivity contribution < 1.29 is 9.31 Å². The van der Waals surface area contributed by atoms with Gasteiger partial charge >= 0.3 is 7.12 Å². The first-order valence-corrected chi connectivity index (χ1v) is 7.71. The third kappa shape index (κ3) is 2.71. The van der Waals surface area contributed by atoms with Crippen LogP contribution in [0, 0.1) is 6.92 Å². The molecular weight excluding hydrogens is 275 g/mol. The van der Waals surface area contributed by atoms with Crippen molar-refractivity contribution in [2.45, 2.75) is 52.4 Å². The molecule has 1 aliphatic rings. The molecule has 0 aliphatic carbocycles. The predicted octanol–water partition coefficient (Wildman–Crippen LogP) is 2.54. The zero-order chi connectivity index (χ0) is 16.0. The second kappa shape index (κ2) is 5.25. The van der Waals surface area contributed by atoms with Gasteiger partial charge in [-0.15, -0.1) is 0 Å². The standard InChI is InChI=1S/C17H23BN2O2/c1-13-10-11-19-20(13)12-14-6-8-15(9-7-14)18-21-16(2,3)17(4,5)22-18/h6-11H,12H2,1-5H3. The minimum atomic E-state index is -0.303. The molecule has 2 aromatic rings. The van der Waals surface area contributed by atoms with Crippen molar-refractivity contribution in [3.63, 3.8) is 0 Å². The quantitative estimate of drug-likeness (QED) is 0.817. The molecule has 0 bridgehead atoms. The van der Waals surface area contributed by atoms with E-state index in [1.54, 1.807) is 0 Å². The average Bonchev–Trinajstić information content (AvgIpc) is 2.92. The molecule has 3 rings (SSSR count). The van der Waals surface area contributed by atoms with Crippen LogP contribution in [0.3, 0.4) is 0 Å². The first-order chi connectivity index (χ1) is 10.3. The minimum absolute atomic E-state index is 0.300. The number of aryl methyl sites for hydroxylation is 1. The van der Waals surface area contributed by atoms with E-state index >= 15 is 0 Å². The lowest BCUT2D eigenvalue weighted by Gasteiger charge is -2.32. The Morgan fingerprint density at radius 1 is 1.00 bits per heavy atom. The van der Waals surface area contributed by atoms with Gasteiger partial charge in [0.1, 0.15) is 0 Å². The summed E-state index contributed by atoms with van der Waals surface area (Å²) in [6.45, 7) is 11.1. The number of hydrogen-bond donors (Lipinski definition) is 0. The van der Waals surface area contributed by atoms with Crippen molar-refractivity contribution in [1.29, 1.82) is 0 Å². The zero-order valence-electron chi connectivity index (χ0n) is 14.0. The van der Waals surface area contributed by atoms with Crippen LogP contribution in [0.5, 0.6) is 0 Å². The maximum absolute atomic E-state index is 6.08.